The second-order valence-electron chi connectivity index (χ2n) is 4.65. The highest BCUT2D eigenvalue weighted by Crippen LogP contribution is 2.20. The third-order valence-electron chi connectivity index (χ3n) is 2.97. The Morgan fingerprint density at radius 1 is 0.792 bits per heavy atom. The van der Waals surface area contributed by atoms with Crippen LogP contribution in [0, 0.1) is 0 Å². The predicted octanol–water partition coefficient (Wildman–Crippen LogP) is 0.568. The zero-order chi connectivity index (χ0) is 17.1. The maximum absolute atomic E-state index is 11.7. The highest BCUT2D eigenvalue weighted by molar-refractivity contribution is 5.82. The molecular weight excluding hydrogens is 328 g/mol. The molecular formula is C14H10O10. The Morgan fingerprint density at radius 2 is 1.17 bits per heavy atom. The van der Waals surface area contributed by atoms with Crippen LogP contribution in [0.25, 0.3) is 0 Å². The maximum Gasteiger partial charge on any atom is 0.509 e. The van der Waals surface area contributed by atoms with Gasteiger partial charge in [-0.15, -0.1) is 0 Å². The van der Waals surface area contributed by atoms with Crippen molar-refractivity contribution in [2.45, 2.75) is 12.2 Å². The summed E-state index contributed by atoms with van der Waals surface area (Å²) in [7, 11) is 0. The van der Waals surface area contributed by atoms with Gasteiger partial charge < -0.3 is 28.4 Å². The Kier molecular flexibility index (Phi) is 4.18. The number of ether oxygens (including phenoxy) is 6. The Balaban J connectivity index is 1.53. The molecule has 3 rings (SSSR count). The van der Waals surface area contributed by atoms with Gasteiger partial charge in [-0.25, -0.2) is 19.2 Å². The minimum atomic E-state index is -1.12. The average molecular weight is 338 g/mol. The van der Waals surface area contributed by atoms with Crippen molar-refractivity contribution in [3.05, 3.63) is 24.3 Å². The van der Waals surface area contributed by atoms with Crippen molar-refractivity contribution < 1.29 is 47.6 Å². The molecule has 126 valence electrons. The van der Waals surface area contributed by atoms with E-state index in [4.69, 9.17) is 9.47 Å². The molecule has 2 heterocycles. The number of rotatable bonds is 4. The first kappa shape index (κ1) is 15.6. The van der Waals surface area contributed by atoms with Crippen LogP contribution in [0.2, 0.25) is 0 Å². The molecule has 10 nitrogen and oxygen atoms in total. The van der Waals surface area contributed by atoms with Crippen LogP contribution in [0.5, 0.6) is 11.5 Å². The number of carbonyl (C=O) groups excluding carboxylic acids is 4. The Morgan fingerprint density at radius 3 is 1.46 bits per heavy atom. The summed E-state index contributed by atoms with van der Waals surface area (Å²) in [5.41, 5.74) is 0. The SMILES string of the molecule is O=C1OCC(C(=O)Oc2ccc(OC(=O)C3COC(=O)O3)cc2)O1. The third-order valence-corrected chi connectivity index (χ3v) is 2.97. The Bertz CT molecular complexity index is 620. The molecule has 1 aromatic rings. The molecule has 2 atom stereocenters. The van der Waals surface area contributed by atoms with Gasteiger partial charge in [0.1, 0.15) is 24.7 Å². The second kappa shape index (κ2) is 6.44. The summed E-state index contributed by atoms with van der Waals surface area (Å²) in [6, 6.07) is 5.48. The fourth-order valence-electron chi connectivity index (χ4n) is 1.83. The molecule has 0 radical (unpaired) electrons. The van der Waals surface area contributed by atoms with Gasteiger partial charge in [-0.1, -0.05) is 0 Å². The highest BCUT2D eigenvalue weighted by atomic mass is 16.8. The van der Waals surface area contributed by atoms with Crippen molar-refractivity contribution in [1.29, 1.82) is 0 Å². The third kappa shape index (κ3) is 3.54. The van der Waals surface area contributed by atoms with E-state index >= 15 is 0 Å². The quantitative estimate of drug-likeness (QED) is 0.568. The first-order valence-electron chi connectivity index (χ1n) is 6.71. The van der Waals surface area contributed by atoms with Gasteiger partial charge in [0.05, 0.1) is 0 Å². The fourth-order valence-corrected chi connectivity index (χ4v) is 1.83. The first-order chi connectivity index (χ1) is 11.5. The van der Waals surface area contributed by atoms with Crippen molar-refractivity contribution in [3.8, 4) is 11.5 Å². The number of benzene rings is 1. The lowest BCUT2D eigenvalue weighted by atomic mass is 10.3. The van der Waals surface area contributed by atoms with Crippen LogP contribution in [-0.2, 0) is 28.5 Å². The largest absolute Gasteiger partial charge is 0.509 e. The molecule has 0 N–H and O–H groups in total. The number of carbonyl (C=O) groups is 4. The summed E-state index contributed by atoms with van der Waals surface area (Å²) in [4.78, 5) is 44.9. The van der Waals surface area contributed by atoms with Crippen LogP contribution in [0.15, 0.2) is 24.3 Å². The van der Waals surface area contributed by atoms with Crippen LogP contribution in [0.4, 0.5) is 9.59 Å². The smallest absolute Gasteiger partial charge is 0.430 e. The lowest BCUT2D eigenvalue weighted by molar-refractivity contribution is -0.143. The molecule has 0 saturated carbocycles. The van der Waals surface area contributed by atoms with E-state index in [1.165, 1.54) is 24.3 Å². The van der Waals surface area contributed by atoms with Crippen molar-refractivity contribution >= 4 is 24.2 Å². The molecule has 0 bridgehead atoms. The van der Waals surface area contributed by atoms with E-state index in [1.54, 1.807) is 0 Å². The average Bonchev–Trinajstić information content (AvgIpc) is 3.18. The Labute approximate surface area is 134 Å². The molecule has 0 aliphatic carbocycles. The first-order valence-corrected chi connectivity index (χ1v) is 6.71. The van der Waals surface area contributed by atoms with Gasteiger partial charge >= 0.3 is 24.2 Å². The zero-order valence-corrected chi connectivity index (χ0v) is 12.0. The lowest BCUT2D eigenvalue weighted by Crippen LogP contribution is -2.28. The van der Waals surface area contributed by atoms with Gasteiger partial charge in [-0.3, -0.25) is 0 Å². The van der Waals surface area contributed by atoms with Crippen LogP contribution in [-0.4, -0.2) is 49.7 Å². The van der Waals surface area contributed by atoms with Crippen LogP contribution in [0.3, 0.4) is 0 Å². The second-order valence-corrected chi connectivity index (χ2v) is 4.65. The van der Waals surface area contributed by atoms with Crippen LogP contribution in [0.1, 0.15) is 0 Å². The van der Waals surface area contributed by atoms with Crippen molar-refractivity contribution in [1.82, 2.24) is 0 Å². The molecule has 10 heteroatoms. The summed E-state index contributed by atoms with van der Waals surface area (Å²) in [5, 5.41) is 0. The summed E-state index contributed by atoms with van der Waals surface area (Å²) >= 11 is 0. The van der Waals surface area contributed by atoms with Crippen molar-refractivity contribution in [3.63, 3.8) is 0 Å². The molecule has 2 aliphatic heterocycles. The molecule has 2 fully saturated rings. The minimum absolute atomic E-state index is 0.151. The van der Waals surface area contributed by atoms with Crippen molar-refractivity contribution in [2.24, 2.45) is 0 Å². The molecule has 0 aromatic heterocycles. The van der Waals surface area contributed by atoms with Gasteiger partial charge in [0.15, 0.2) is 0 Å². The summed E-state index contributed by atoms with van der Waals surface area (Å²) < 4.78 is 28.1. The van der Waals surface area contributed by atoms with E-state index in [0.717, 1.165) is 0 Å². The van der Waals surface area contributed by atoms with Crippen molar-refractivity contribution in [2.75, 3.05) is 13.2 Å². The molecule has 2 unspecified atom stereocenters. The van der Waals surface area contributed by atoms with Gasteiger partial charge in [0, 0.05) is 0 Å². The van der Waals surface area contributed by atoms with E-state index in [9.17, 15) is 19.2 Å². The summed E-state index contributed by atoms with van der Waals surface area (Å²) in [6.07, 6.45) is -4.11. The zero-order valence-electron chi connectivity index (χ0n) is 12.0. The normalized spacial score (nSPS) is 22.0. The standard InChI is InChI=1S/C14H10O10/c15-11(9-5-19-13(17)23-9)21-7-1-2-8(4-3-7)22-12(16)10-6-20-14(18)24-10/h1-4,9-10H,5-6H2. The van der Waals surface area contributed by atoms with Crippen LogP contribution < -0.4 is 9.47 Å². The van der Waals surface area contributed by atoms with Crippen LogP contribution >= 0.6 is 0 Å². The number of esters is 2. The fraction of sp³-hybridized carbons (Fsp3) is 0.286. The molecule has 2 aliphatic rings. The maximum atomic E-state index is 11.7. The van der Waals surface area contributed by atoms with E-state index in [-0.39, 0.29) is 24.7 Å². The number of hydrogen-bond acceptors (Lipinski definition) is 10. The summed E-state index contributed by atoms with van der Waals surface area (Å²) in [5.74, 6) is -1.28. The van der Waals surface area contributed by atoms with E-state index < -0.39 is 36.5 Å². The molecule has 1 aromatic carbocycles. The van der Waals surface area contributed by atoms with Gasteiger partial charge in [-0.2, -0.15) is 0 Å². The Hall–Kier alpha value is -3.30. The predicted molar refractivity (Wildman–Crippen MR) is 70.2 cm³/mol. The van der Waals surface area contributed by atoms with E-state index in [1.807, 2.05) is 0 Å². The molecule has 0 amide bonds. The topological polar surface area (TPSA) is 124 Å². The highest BCUT2D eigenvalue weighted by Gasteiger charge is 2.34. The van der Waals surface area contributed by atoms with Gasteiger partial charge in [-0.05, 0) is 24.3 Å². The van der Waals surface area contributed by atoms with E-state index in [2.05, 4.69) is 18.9 Å². The molecule has 0 spiro atoms. The summed E-state index contributed by atoms with van der Waals surface area (Å²) in [6.45, 7) is -0.426. The van der Waals surface area contributed by atoms with Gasteiger partial charge in [0.2, 0.25) is 12.2 Å². The van der Waals surface area contributed by atoms with E-state index in [0.29, 0.717) is 0 Å². The number of hydrogen-bond donors (Lipinski definition) is 0. The monoisotopic (exact) mass is 338 g/mol. The number of cyclic esters (lactones) is 4. The minimum Gasteiger partial charge on any atom is -0.430 e. The van der Waals surface area contributed by atoms with Gasteiger partial charge in [0.25, 0.3) is 0 Å². The lowest BCUT2D eigenvalue weighted by Gasteiger charge is -2.09. The molecule has 24 heavy (non-hydrogen) atoms. The molecule has 2 saturated heterocycles.